The van der Waals surface area contributed by atoms with Gasteiger partial charge in [0.1, 0.15) is 0 Å². The monoisotopic (exact) mass is 351 g/mol. The second-order valence-electron chi connectivity index (χ2n) is 6.23. The zero-order chi connectivity index (χ0) is 18.5. The van der Waals surface area contributed by atoms with Gasteiger partial charge in [-0.3, -0.25) is 10.00 Å². The van der Waals surface area contributed by atoms with E-state index in [1.807, 2.05) is 0 Å². The Morgan fingerprint density at radius 2 is 1.92 bits per heavy atom. The molecule has 2 rings (SSSR count). The largest absolute Gasteiger partial charge is 0.490 e. The molecule has 2 heterocycles. The average molecular weight is 351 g/mol. The summed E-state index contributed by atoms with van der Waals surface area (Å²) in [5.74, 6) is -2.27. The van der Waals surface area contributed by atoms with Crippen molar-refractivity contribution in [3.8, 4) is 0 Å². The molecule has 1 aromatic heterocycles. The molecule has 0 aliphatic carbocycles. The van der Waals surface area contributed by atoms with Crippen LogP contribution in [0.25, 0.3) is 0 Å². The summed E-state index contributed by atoms with van der Waals surface area (Å²) < 4.78 is 37.5. The third-order valence-electron chi connectivity index (χ3n) is 3.37. The molecule has 0 saturated carbocycles. The van der Waals surface area contributed by atoms with E-state index in [1.165, 1.54) is 5.69 Å². The lowest BCUT2D eigenvalue weighted by atomic mass is 10.1. The van der Waals surface area contributed by atoms with Crippen LogP contribution in [0, 0.1) is 0 Å². The van der Waals surface area contributed by atoms with E-state index >= 15 is 0 Å². The van der Waals surface area contributed by atoms with Gasteiger partial charge in [0.2, 0.25) is 0 Å². The van der Waals surface area contributed by atoms with Crippen molar-refractivity contribution in [2.75, 3.05) is 13.1 Å². The zero-order valence-corrected chi connectivity index (χ0v) is 14.2. The number of morpholine rings is 1. The Morgan fingerprint density at radius 1 is 1.42 bits per heavy atom. The summed E-state index contributed by atoms with van der Waals surface area (Å²) >= 11 is 0. The zero-order valence-electron chi connectivity index (χ0n) is 14.2. The SMILES string of the molecule is CC(C)c1cc(CN2C[C@@H](C)O[C@@H](C)C2)[nH]n1.O=C(O)C(F)(F)F. The molecule has 138 valence electrons. The van der Waals surface area contributed by atoms with E-state index in [0.29, 0.717) is 18.1 Å². The van der Waals surface area contributed by atoms with Crippen LogP contribution >= 0.6 is 0 Å². The molecule has 6 nitrogen and oxygen atoms in total. The van der Waals surface area contributed by atoms with Crippen molar-refractivity contribution < 1.29 is 27.8 Å². The maximum Gasteiger partial charge on any atom is 0.490 e. The molecule has 0 amide bonds. The maximum absolute atomic E-state index is 10.6. The Morgan fingerprint density at radius 3 is 2.29 bits per heavy atom. The summed E-state index contributed by atoms with van der Waals surface area (Å²) in [5.41, 5.74) is 2.35. The second-order valence-corrected chi connectivity index (χ2v) is 6.23. The standard InChI is InChI=1S/C13H23N3O.C2HF3O2/c1-9(2)13-5-12(14-15-13)8-16-6-10(3)17-11(4)7-16;3-2(4,5)1(6)7/h5,9-11H,6-8H2,1-4H3,(H,14,15);(H,6,7)/t10-,11+;. The molecule has 0 radical (unpaired) electrons. The highest BCUT2D eigenvalue weighted by Crippen LogP contribution is 2.16. The molecule has 2 N–H and O–H groups in total. The van der Waals surface area contributed by atoms with Crippen LogP contribution in [0.1, 0.15) is 45.0 Å². The van der Waals surface area contributed by atoms with Gasteiger partial charge in [-0.1, -0.05) is 13.8 Å². The molecule has 0 bridgehead atoms. The Balaban J connectivity index is 0.000000351. The Bertz CT molecular complexity index is 522. The summed E-state index contributed by atoms with van der Waals surface area (Å²) in [6.45, 7) is 11.5. The molecule has 1 aliphatic heterocycles. The van der Waals surface area contributed by atoms with Crippen molar-refractivity contribution in [3.63, 3.8) is 0 Å². The number of alkyl halides is 3. The molecular formula is C15H24F3N3O3. The van der Waals surface area contributed by atoms with Crippen molar-refractivity contribution in [3.05, 3.63) is 17.5 Å². The Kier molecular flexibility index (Phi) is 7.22. The van der Waals surface area contributed by atoms with Crippen LogP contribution in [-0.2, 0) is 16.1 Å². The third kappa shape index (κ3) is 6.88. The predicted molar refractivity (Wildman–Crippen MR) is 81.7 cm³/mol. The van der Waals surface area contributed by atoms with Crippen molar-refractivity contribution in [1.82, 2.24) is 15.1 Å². The smallest absolute Gasteiger partial charge is 0.475 e. The van der Waals surface area contributed by atoms with Crippen LogP contribution in [0.15, 0.2) is 6.07 Å². The molecule has 0 unspecified atom stereocenters. The maximum atomic E-state index is 10.6. The van der Waals surface area contributed by atoms with Gasteiger partial charge < -0.3 is 9.84 Å². The summed E-state index contributed by atoms with van der Waals surface area (Å²) in [5, 5.41) is 14.6. The van der Waals surface area contributed by atoms with Crippen LogP contribution in [0.5, 0.6) is 0 Å². The van der Waals surface area contributed by atoms with E-state index in [1.54, 1.807) is 0 Å². The average Bonchev–Trinajstić information content (AvgIpc) is 2.85. The molecule has 0 aromatic carbocycles. The first-order valence-corrected chi connectivity index (χ1v) is 7.71. The second kappa shape index (κ2) is 8.48. The quantitative estimate of drug-likeness (QED) is 0.875. The first-order valence-electron chi connectivity index (χ1n) is 7.71. The number of H-pyrrole nitrogens is 1. The van der Waals surface area contributed by atoms with Gasteiger partial charge in [-0.05, 0) is 25.8 Å². The van der Waals surface area contributed by atoms with E-state index in [-0.39, 0.29) is 0 Å². The minimum Gasteiger partial charge on any atom is -0.475 e. The van der Waals surface area contributed by atoms with Crippen LogP contribution in [-0.4, -0.2) is 57.6 Å². The van der Waals surface area contributed by atoms with Crippen LogP contribution in [0.4, 0.5) is 13.2 Å². The third-order valence-corrected chi connectivity index (χ3v) is 3.37. The number of aromatic amines is 1. The van der Waals surface area contributed by atoms with Crippen molar-refractivity contribution >= 4 is 5.97 Å². The summed E-state index contributed by atoms with van der Waals surface area (Å²) in [7, 11) is 0. The normalized spacial score (nSPS) is 22.2. The molecular weight excluding hydrogens is 327 g/mol. The Labute approximate surface area is 139 Å². The number of carboxylic acids is 1. The van der Waals surface area contributed by atoms with Gasteiger partial charge in [0.05, 0.1) is 17.9 Å². The molecule has 2 atom stereocenters. The molecule has 1 fully saturated rings. The number of nitrogens with zero attached hydrogens (tertiary/aromatic N) is 2. The number of aromatic nitrogens is 2. The number of aliphatic carboxylic acids is 1. The fourth-order valence-electron chi connectivity index (χ4n) is 2.41. The molecule has 0 spiro atoms. The van der Waals surface area contributed by atoms with E-state index < -0.39 is 12.1 Å². The molecule has 1 saturated heterocycles. The van der Waals surface area contributed by atoms with Gasteiger partial charge in [0.15, 0.2) is 0 Å². The number of nitrogens with one attached hydrogen (secondary N) is 1. The number of hydrogen-bond donors (Lipinski definition) is 2. The number of carboxylic acid groups (broad SMARTS) is 1. The van der Waals surface area contributed by atoms with Crippen LogP contribution < -0.4 is 0 Å². The number of ether oxygens (including phenoxy) is 1. The highest BCUT2D eigenvalue weighted by molar-refractivity contribution is 5.73. The van der Waals surface area contributed by atoms with Gasteiger partial charge >= 0.3 is 12.1 Å². The fraction of sp³-hybridized carbons (Fsp3) is 0.733. The molecule has 24 heavy (non-hydrogen) atoms. The summed E-state index contributed by atoms with van der Waals surface area (Å²) in [4.78, 5) is 11.3. The lowest BCUT2D eigenvalue weighted by Gasteiger charge is -2.34. The van der Waals surface area contributed by atoms with Gasteiger partial charge in [-0.2, -0.15) is 18.3 Å². The van der Waals surface area contributed by atoms with E-state index in [4.69, 9.17) is 14.6 Å². The minimum absolute atomic E-state index is 0.325. The van der Waals surface area contributed by atoms with Crippen molar-refractivity contribution in [2.24, 2.45) is 0 Å². The number of carbonyl (C=O) groups is 1. The first kappa shape index (κ1) is 20.4. The molecule has 1 aromatic rings. The van der Waals surface area contributed by atoms with Gasteiger partial charge in [0.25, 0.3) is 0 Å². The fourth-order valence-corrected chi connectivity index (χ4v) is 2.41. The lowest BCUT2D eigenvalue weighted by Crippen LogP contribution is -2.44. The van der Waals surface area contributed by atoms with Gasteiger partial charge in [0, 0.05) is 25.3 Å². The topological polar surface area (TPSA) is 78.5 Å². The molecule has 1 aliphatic rings. The highest BCUT2D eigenvalue weighted by atomic mass is 19.4. The number of rotatable bonds is 3. The van der Waals surface area contributed by atoms with E-state index in [0.717, 1.165) is 25.3 Å². The highest BCUT2D eigenvalue weighted by Gasteiger charge is 2.38. The predicted octanol–water partition coefficient (Wildman–Crippen LogP) is 2.78. The first-order chi connectivity index (χ1) is 11.0. The molecule has 9 heteroatoms. The van der Waals surface area contributed by atoms with Crippen molar-refractivity contribution in [2.45, 2.75) is 58.5 Å². The summed E-state index contributed by atoms with van der Waals surface area (Å²) in [6.07, 6.45) is -4.43. The van der Waals surface area contributed by atoms with Crippen LogP contribution in [0.3, 0.4) is 0 Å². The van der Waals surface area contributed by atoms with Crippen LogP contribution in [0.2, 0.25) is 0 Å². The van der Waals surface area contributed by atoms with Gasteiger partial charge in [-0.15, -0.1) is 0 Å². The van der Waals surface area contributed by atoms with Gasteiger partial charge in [-0.25, -0.2) is 4.79 Å². The number of halogens is 3. The minimum atomic E-state index is -5.08. The van der Waals surface area contributed by atoms with E-state index in [9.17, 15) is 13.2 Å². The van der Waals surface area contributed by atoms with E-state index in [2.05, 4.69) is 48.9 Å². The number of hydrogen-bond acceptors (Lipinski definition) is 4. The lowest BCUT2D eigenvalue weighted by molar-refractivity contribution is -0.192. The Hall–Kier alpha value is -1.61. The van der Waals surface area contributed by atoms with Crippen molar-refractivity contribution in [1.29, 1.82) is 0 Å². The summed E-state index contributed by atoms with van der Waals surface area (Å²) in [6, 6.07) is 2.18.